The molecule has 4 nitrogen and oxygen atoms in total. The van der Waals surface area contributed by atoms with Crippen LogP contribution in [0.2, 0.25) is 5.15 Å². The van der Waals surface area contributed by atoms with Crippen LogP contribution in [0.3, 0.4) is 0 Å². The summed E-state index contributed by atoms with van der Waals surface area (Å²) in [4.78, 5) is 0. The summed E-state index contributed by atoms with van der Waals surface area (Å²) in [6.07, 6.45) is 0. The standard InChI is InChI=1S/C14H18ClN3O/c1-13(2,14(3,4)19)16-12-10-8-6-5-7-9(10)11(15)17-18-12/h5-8,19H,1-4H3,(H,16,18). The van der Waals surface area contributed by atoms with E-state index >= 15 is 0 Å². The zero-order chi connectivity index (χ0) is 14.3. The first-order valence-corrected chi connectivity index (χ1v) is 6.52. The molecule has 0 saturated carbocycles. The number of aromatic nitrogens is 2. The number of halogens is 1. The van der Waals surface area contributed by atoms with Gasteiger partial charge in [-0.05, 0) is 27.7 Å². The molecule has 0 fully saturated rings. The first-order chi connectivity index (χ1) is 8.72. The Bertz CT molecular complexity index is 605. The van der Waals surface area contributed by atoms with Crippen LogP contribution in [-0.2, 0) is 0 Å². The van der Waals surface area contributed by atoms with Crippen molar-refractivity contribution in [2.45, 2.75) is 38.8 Å². The molecule has 2 rings (SSSR count). The monoisotopic (exact) mass is 279 g/mol. The first kappa shape index (κ1) is 14.0. The second-order valence-electron chi connectivity index (χ2n) is 5.69. The number of aliphatic hydroxyl groups is 1. The minimum atomic E-state index is -0.907. The molecule has 0 radical (unpaired) electrons. The molecule has 0 saturated heterocycles. The summed E-state index contributed by atoms with van der Waals surface area (Å²) in [5.74, 6) is 0.618. The highest BCUT2D eigenvalue weighted by molar-refractivity contribution is 6.34. The van der Waals surface area contributed by atoms with Crippen molar-refractivity contribution in [1.82, 2.24) is 10.2 Å². The maximum Gasteiger partial charge on any atom is 0.159 e. The van der Waals surface area contributed by atoms with Crippen molar-refractivity contribution in [3.63, 3.8) is 0 Å². The van der Waals surface area contributed by atoms with Crippen LogP contribution in [0.4, 0.5) is 5.82 Å². The zero-order valence-electron chi connectivity index (χ0n) is 11.5. The molecule has 0 amide bonds. The van der Waals surface area contributed by atoms with E-state index < -0.39 is 11.1 Å². The second kappa shape index (κ2) is 4.62. The average molecular weight is 280 g/mol. The van der Waals surface area contributed by atoms with Gasteiger partial charge in [0.2, 0.25) is 0 Å². The Balaban J connectivity index is 2.51. The highest BCUT2D eigenvalue weighted by Crippen LogP contribution is 2.30. The van der Waals surface area contributed by atoms with E-state index in [0.717, 1.165) is 10.8 Å². The highest BCUT2D eigenvalue weighted by atomic mass is 35.5. The van der Waals surface area contributed by atoms with Crippen LogP contribution in [0, 0.1) is 0 Å². The lowest BCUT2D eigenvalue weighted by Gasteiger charge is -2.38. The van der Waals surface area contributed by atoms with Gasteiger partial charge in [-0.1, -0.05) is 35.9 Å². The van der Waals surface area contributed by atoms with Gasteiger partial charge < -0.3 is 10.4 Å². The predicted molar refractivity (Wildman–Crippen MR) is 78.5 cm³/mol. The summed E-state index contributed by atoms with van der Waals surface area (Å²) in [7, 11) is 0. The topological polar surface area (TPSA) is 58.0 Å². The van der Waals surface area contributed by atoms with E-state index in [1.165, 1.54) is 0 Å². The summed E-state index contributed by atoms with van der Waals surface area (Å²) in [6.45, 7) is 7.34. The molecule has 0 aliphatic rings. The van der Waals surface area contributed by atoms with E-state index in [2.05, 4.69) is 15.5 Å². The van der Waals surface area contributed by atoms with Crippen LogP contribution in [0.1, 0.15) is 27.7 Å². The Morgan fingerprint density at radius 2 is 1.63 bits per heavy atom. The molecule has 102 valence electrons. The zero-order valence-corrected chi connectivity index (χ0v) is 12.3. The molecule has 1 aromatic carbocycles. The molecule has 19 heavy (non-hydrogen) atoms. The molecular formula is C14H18ClN3O. The third kappa shape index (κ3) is 2.65. The molecule has 0 unspecified atom stereocenters. The molecule has 0 atom stereocenters. The number of rotatable bonds is 3. The number of anilines is 1. The molecule has 1 aromatic heterocycles. The number of benzene rings is 1. The Kier molecular flexibility index (Phi) is 3.41. The van der Waals surface area contributed by atoms with Crippen LogP contribution in [0.15, 0.2) is 24.3 Å². The van der Waals surface area contributed by atoms with Gasteiger partial charge in [0.15, 0.2) is 11.0 Å². The van der Waals surface area contributed by atoms with Gasteiger partial charge in [-0.25, -0.2) is 0 Å². The van der Waals surface area contributed by atoms with E-state index in [1.54, 1.807) is 13.8 Å². The number of hydrogen-bond donors (Lipinski definition) is 2. The number of fused-ring (bicyclic) bond motifs is 1. The van der Waals surface area contributed by atoms with Gasteiger partial charge in [-0.2, -0.15) is 0 Å². The van der Waals surface area contributed by atoms with Crippen LogP contribution >= 0.6 is 11.6 Å². The fourth-order valence-corrected chi connectivity index (χ4v) is 1.82. The largest absolute Gasteiger partial charge is 0.388 e. The molecule has 1 heterocycles. The smallest absolute Gasteiger partial charge is 0.159 e. The number of hydrogen-bond acceptors (Lipinski definition) is 4. The van der Waals surface area contributed by atoms with Gasteiger partial charge in [-0.3, -0.25) is 0 Å². The molecular weight excluding hydrogens is 262 g/mol. The Morgan fingerprint density at radius 1 is 1.05 bits per heavy atom. The van der Waals surface area contributed by atoms with Gasteiger partial charge in [0.25, 0.3) is 0 Å². The predicted octanol–water partition coefficient (Wildman–Crippen LogP) is 3.24. The molecule has 0 spiro atoms. The lowest BCUT2D eigenvalue weighted by molar-refractivity contribution is 0.0239. The van der Waals surface area contributed by atoms with Crippen molar-refractivity contribution in [3.05, 3.63) is 29.4 Å². The Labute approximate surface area is 117 Å². The Hall–Kier alpha value is -1.39. The quantitative estimate of drug-likeness (QED) is 0.905. The normalized spacial score (nSPS) is 12.7. The van der Waals surface area contributed by atoms with E-state index in [-0.39, 0.29) is 0 Å². The minimum Gasteiger partial charge on any atom is -0.388 e. The van der Waals surface area contributed by atoms with Gasteiger partial charge in [-0.15, -0.1) is 10.2 Å². The molecule has 0 aliphatic carbocycles. The maximum atomic E-state index is 10.2. The fourth-order valence-electron chi connectivity index (χ4n) is 1.61. The minimum absolute atomic E-state index is 0.377. The van der Waals surface area contributed by atoms with E-state index in [0.29, 0.717) is 11.0 Å². The maximum absolute atomic E-state index is 10.2. The third-order valence-electron chi connectivity index (χ3n) is 3.60. The fraction of sp³-hybridized carbons (Fsp3) is 0.429. The van der Waals surface area contributed by atoms with E-state index in [1.807, 2.05) is 38.1 Å². The Morgan fingerprint density at radius 3 is 2.21 bits per heavy atom. The lowest BCUT2D eigenvalue weighted by atomic mass is 9.86. The van der Waals surface area contributed by atoms with Crippen molar-refractivity contribution in [1.29, 1.82) is 0 Å². The summed E-state index contributed by atoms with van der Waals surface area (Å²) in [5.41, 5.74) is -1.46. The van der Waals surface area contributed by atoms with Crippen molar-refractivity contribution < 1.29 is 5.11 Å². The van der Waals surface area contributed by atoms with Crippen LogP contribution in [0.25, 0.3) is 10.8 Å². The summed E-state index contributed by atoms with van der Waals surface area (Å²) >= 11 is 6.04. The van der Waals surface area contributed by atoms with E-state index in [9.17, 15) is 5.11 Å². The van der Waals surface area contributed by atoms with Gasteiger partial charge in [0, 0.05) is 10.8 Å². The van der Waals surface area contributed by atoms with Gasteiger partial charge >= 0.3 is 0 Å². The van der Waals surface area contributed by atoms with E-state index in [4.69, 9.17) is 11.6 Å². The van der Waals surface area contributed by atoms with Crippen molar-refractivity contribution >= 4 is 28.2 Å². The number of nitrogens with one attached hydrogen (secondary N) is 1. The average Bonchev–Trinajstić information content (AvgIpc) is 2.32. The van der Waals surface area contributed by atoms with Crippen molar-refractivity contribution in [2.75, 3.05) is 5.32 Å². The molecule has 2 aromatic rings. The first-order valence-electron chi connectivity index (χ1n) is 6.14. The second-order valence-corrected chi connectivity index (χ2v) is 6.05. The van der Waals surface area contributed by atoms with Crippen LogP contribution < -0.4 is 5.32 Å². The van der Waals surface area contributed by atoms with Crippen molar-refractivity contribution in [3.8, 4) is 0 Å². The SMILES string of the molecule is CC(C)(O)C(C)(C)Nc1nnc(Cl)c2ccccc12. The number of nitrogens with zero attached hydrogens (tertiary/aromatic N) is 2. The molecule has 2 N–H and O–H groups in total. The van der Waals surface area contributed by atoms with Gasteiger partial charge in [0.05, 0.1) is 11.1 Å². The summed E-state index contributed by atoms with van der Waals surface area (Å²) in [5, 5.41) is 23.6. The molecule has 0 aliphatic heterocycles. The van der Waals surface area contributed by atoms with Gasteiger partial charge in [0.1, 0.15) is 0 Å². The third-order valence-corrected chi connectivity index (χ3v) is 3.88. The van der Waals surface area contributed by atoms with Crippen LogP contribution in [-0.4, -0.2) is 26.4 Å². The van der Waals surface area contributed by atoms with Crippen LogP contribution in [0.5, 0.6) is 0 Å². The lowest BCUT2D eigenvalue weighted by Crippen LogP contribution is -2.51. The van der Waals surface area contributed by atoms with Crippen molar-refractivity contribution in [2.24, 2.45) is 0 Å². The molecule has 0 bridgehead atoms. The summed E-state index contributed by atoms with van der Waals surface area (Å²) in [6, 6.07) is 7.65. The summed E-state index contributed by atoms with van der Waals surface area (Å²) < 4.78 is 0. The molecule has 5 heteroatoms. The highest BCUT2D eigenvalue weighted by Gasteiger charge is 2.35.